The third-order valence-electron chi connectivity index (χ3n) is 3.12. The van der Waals surface area contributed by atoms with Gasteiger partial charge in [0.15, 0.2) is 0 Å². The van der Waals surface area contributed by atoms with Crippen molar-refractivity contribution in [1.82, 2.24) is 10.3 Å². The summed E-state index contributed by atoms with van der Waals surface area (Å²) in [4.78, 5) is 15.5. The minimum Gasteiger partial charge on any atom is -0.376 e. The maximum absolute atomic E-state index is 11.6. The number of hydrogen-bond acceptors (Lipinski definition) is 5. The molecule has 0 bridgehead atoms. The molecule has 0 aliphatic heterocycles. The molecular weight excluding hydrogens is 250 g/mol. The fourth-order valence-corrected chi connectivity index (χ4v) is 2.59. The molecule has 0 aromatic carbocycles. The Morgan fingerprint density at radius 1 is 1.50 bits per heavy atom. The number of rotatable bonds is 5. The summed E-state index contributed by atoms with van der Waals surface area (Å²) in [6.07, 6.45) is 4.44. The second-order valence-electron chi connectivity index (χ2n) is 4.54. The average molecular weight is 269 g/mol. The summed E-state index contributed by atoms with van der Waals surface area (Å²) >= 11 is 1.41. The summed E-state index contributed by atoms with van der Waals surface area (Å²) in [6.45, 7) is 1.08. The van der Waals surface area contributed by atoms with Crippen molar-refractivity contribution in [3.63, 3.8) is 0 Å². The van der Waals surface area contributed by atoms with Crippen LogP contribution in [0.4, 0.5) is 0 Å². The summed E-state index contributed by atoms with van der Waals surface area (Å²) in [5, 5.41) is 4.52. The van der Waals surface area contributed by atoms with Gasteiger partial charge in [-0.15, -0.1) is 11.3 Å². The van der Waals surface area contributed by atoms with E-state index in [9.17, 15) is 4.79 Å². The molecule has 1 amide bonds. The first kappa shape index (κ1) is 13.5. The monoisotopic (exact) mass is 269 g/mol. The maximum Gasteiger partial charge on any atom is 0.270 e. The lowest BCUT2D eigenvalue weighted by molar-refractivity contribution is 0.0267. The van der Waals surface area contributed by atoms with Crippen LogP contribution >= 0.6 is 11.3 Å². The standard InChI is InChI=1S/C12H19N3O2S/c13-9-1-3-10(4-2-9)17-6-5-14-12(16)11-7-18-8-15-11/h7-10H,1-6,13H2,(H,14,16). The van der Waals surface area contributed by atoms with Crippen molar-refractivity contribution in [3.8, 4) is 0 Å². The molecule has 1 saturated carbocycles. The van der Waals surface area contributed by atoms with Gasteiger partial charge in [0.2, 0.25) is 0 Å². The topological polar surface area (TPSA) is 77.2 Å². The van der Waals surface area contributed by atoms with E-state index in [1.807, 2.05) is 0 Å². The predicted octanol–water partition coefficient (Wildman–Crippen LogP) is 1.16. The highest BCUT2D eigenvalue weighted by atomic mass is 32.1. The molecule has 5 nitrogen and oxygen atoms in total. The quantitative estimate of drug-likeness (QED) is 0.786. The second-order valence-corrected chi connectivity index (χ2v) is 5.26. The number of nitrogens with two attached hydrogens (primary N) is 1. The third-order valence-corrected chi connectivity index (χ3v) is 3.71. The number of hydrogen-bond donors (Lipinski definition) is 2. The molecule has 6 heteroatoms. The van der Waals surface area contributed by atoms with Crippen LogP contribution in [0.15, 0.2) is 10.9 Å². The Kier molecular flexibility index (Phi) is 5.10. The zero-order chi connectivity index (χ0) is 12.8. The highest BCUT2D eigenvalue weighted by Gasteiger charge is 2.18. The Morgan fingerprint density at radius 3 is 2.94 bits per heavy atom. The molecule has 2 rings (SSSR count). The van der Waals surface area contributed by atoms with Gasteiger partial charge in [0.05, 0.1) is 18.2 Å². The molecule has 1 aliphatic rings. The number of ether oxygens (including phenoxy) is 1. The van der Waals surface area contributed by atoms with Gasteiger partial charge in [-0.05, 0) is 25.7 Å². The molecule has 100 valence electrons. The van der Waals surface area contributed by atoms with Crippen molar-refractivity contribution >= 4 is 17.2 Å². The highest BCUT2D eigenvalue weighted by molar-refractivity contribution is 7.07. The van der Waals surface area contributed by atoms with Crippen molar-refractivity contribution in [2.24, 2.45) is 5.73 Å². The molecular formula is C12H19N3O2S. The number of nitrogens with one attached hydrogen (secondary N) is 1. The van der Waals surface area contributed by atoms with E-state index in [4.69, 9.17) is 10.5 Å². The van der Waals surface area contributed by atoms with Crippen LogP contribution in [-0.2, 0) is 4.74 Å². The van der Waals surface area contributed by atoms with Crippen LogP contribution in [0.2, 0.25) is 0 Å². The van der Waals surface area contributed by atoms with Crippen LogP contribution in [0.5, 0.6) is 0 Å². The van der Waals surface area contributed by atoms with Gasteiger partial charge in [-0.1, -0.05) is 0 Å². The van der Waals surface area contributed by atoms with Crippen LogP contribution in [0, 0.1) is 0 Å². The van der Waals surface area contributed by atoms with Crippen molar-refractivity contribution in [3.05, 3.63) is 16.6 Å². The summed E-state index contributed by atoms with van der Waals surface area (Å²) < 4.78 is 5.71. The number of aromatic nitrogens is 1. The summed E-state index contributed by atoms with van der Waals surface area (Å²) in [6, 6.07) is 0.342. The molecule has 1 aromatic rings. The molecule has 0 saturated heterocycles. The fourth-order valence-electron chi connectivity index (χ4n) is 2.06. The van der Waals surface area contributed by atoms with Gasteiger partial charge >= 0.3 is 0 Å². The molecule has 0 radical (unpaired) electrons. The van der Waals surface area contributed by atoms with Gasteiger partial charge in [0.25, 0.3) is 5.91 Å². The van der Waals surface area contributed by atoms with Crippen molar-refractivity contribution < 1.29 is 9.53 Å². The molecule has 1 aromatic heterocycles. The van der Waals surface area contributed by atoms with Gasteiger partial charge < -0.3 is 15.8 Å². The van der Waals surface area contributed by atoms with Crippen molar-refractivity contribution in [2.75, 3.05) is 13.2 Å². The van der Waals surface area contributed by atoms with E-state index in [-0.39, 0.29) is 5.91 Å². The first-order chi connectivity index (χ1) is 8.75. The minimum atomic E-state index is -0.134. The molecule has 0 spiro atoms. The largest absolute Gasteiger partial charge is 0.376 e. The highest BCUT2D eigenvalue weighted by Crippen LogP contribution is 2.19. The van der Waals surface area contributed by atoms with E-state index in [2.05, 4.69) is 10.3 Å². The summed E-state index contributed by atoms with van der Waals surface area (Å²) in [5.41, 5.74) is 7.95. The molecule has 1 aliphatic carbocycles. The van der Waals surface area contributed by atoms with Crippen molar-refractivity contribution in [1.29, 1.82) is 0 Å². The third kappa shape index (κ3) is 4.04. The zero-order valence-corrected chi connectivity index (χ0v) is 11.1. The van der Waals surface area contributed by atoms with E-state index in [1.54, 1.807) is 10.9 Å². The SMILES string of the molecule is NC1CCC(OCCNC(=O)c2cscn2)CC1. The predicted molar refractivity (Wildman–Crippen MR) is 70.6 cm³/mol. The van der Waals surface area contributed by atoms with E-state index in [0.717, 1.165) is 25.7 Å². The molecule has 0 atom stereocenters. The second kappa shape index (κ2) is 6.82. The van der Waals surface area contributed by atoms with E-state index >= 15 is 0 Å². The average Bonchev–Trinajstić information content (AvgIpc) is 2.90. The lowest BCUT2D eigenvalue weighted by atomic mass is 9.94. The molecule has 18 heavy (non-hydrogen) atoms. The van der Waals surface area contributed by atoms with Crippen LogP contribution < -0.4 is 11.1 Å². The number of amides is 1. The molecule has 1 heterocycles. The normalized spacial score (nSPS) is 23.8. The summed E-state index contributed by atoms with van der Waals surface area (Å²) in [7, 11) is 0. The first-order valence-electron chi connectivity index (χ1n) is 6.29. The van der Waals surface area contributed by atoms with Crippen LogP contribution in [-0.4, -0.2) is 36.2 Å². The van der Waals surface area contributed by atoms with E-state index in [1.165, 1.54) is 11.3 Å². The Labute approximate surface area is 111 Å². The Bertz CT molecular complexity index is 361. The van der Waals surface area contributed by atoms with Gasteiger partial charge in [0.1, 0.15) is 5.69 Å². The molecule has 0 unspecified atom stereocenters. The smallest absolute Gasteiger partial charge is 0.270 e. The van der Waals surface area contributed by atoms with E-state index in [0.29, 0.717) is 31.0 Å². The number of thiazole rings is 1. The number of nitrogens with zero attached hydrogens (tertiary/aromatic N) is 1. The van der Waals surface area contributed by atoms with Crippen LogP contribution in [0.3, 0.4) is 0 Å². The van der Waals surface area contributed by atoms with Crippen LogP contribution in [0.1, 0.15) is 36.2 Å². The first-order valence-corrected chi connectivity index (χ1v) is 7.23. The van der Waals surface area contributed by atoms with Gasteiger partial charge in [-0.2, -0.15) is 0 Å². The Hall–Kier alpha value is -0.980. The molecule has 3 N–H and O–H groups in total. The summed E-state index contributed by atoms with van der Waals surface area (Å²) in [5.74, 6) is -0.134. The number of carbonyl (C=O) groups is 1. The maximum atomic E-state index is 11.6. The Balaban J connectivity index is 1.57. The Morgan fingerprint density at radius 2 is 2.28 bits per heavy atom. The minimum absolute atomic E-state index is 0.134. The fraction of sp³-hybridized carbons (Fsp3) is 0.667. The van der Waals surface area contributed by atoms with Crippen LogP contribution in [0.25, 0.3) is 0 Å². The van der Waals surface area contributed by atoms with E-state index < -0.39 is 0 Å². The number of carbonyl (C=O) groups excluding carboxylic acids is 1. The van der Waals surface area contributed by atoms with Gasteiger partial charge in [-0.3, -0.25) is 4.79 Å². The lowest BCUT2D eigenvalue weighted by Gasteiger charge is -2.26. The van der Waals surface area contributed by atoms with Gasteiger partial charge in [-0.25, -0.2) is 4.98 Å². The van der Waals surface area contributed by atoms with Gasteiger partial charge in [0, 0.05) is 18.0 Å². The van der Waals surface area contributed by atoms with Crippen molar-refractivity contribution in [2.45, 2.75) is 37.8 Å². The lowest BCUT2D eigenvalue weighted by Crippen LogP contribution is -2.33. The molecule has 1 fully saturated rings. The zero-order valence-electron chi connectivity index (χ0n) is 10.3.